The van der Waals surface area contributed by atoms with Crippen LogP contribution in [-0.2, 0) is 33.4 Å². The summed E-state index contributed by atoms with van der Waals surface area (Å²) in [4.78, 5) is 51.9. The Labute approximate surface area is 155 Å². The van der Waals surface area contributed by atoms with Gasteiger partial charge in [0.25, 0.3) is 5.24 Å². The lowest BCUT2D eigenvalue weighted by Gasteiger charge is -2.02. The number of rotatable bonds is 7. The smallest absolute Gasteiger partial charge is 0.374 e. The molecule has 0 aliphatic rings. The molecule has 0 amide bonds. The number of ketones is 2. The van der Waals surface area contributed by atoms with Crippen molar-refractivity contribution in [3.05, 3.63) is 0 Å². The lowest BCUT2D eigenvalue weighted by molar-refractivity contribution is -0.153. The molecule has 0 spiro atoms. The van der Waals surface area contributed by atoms with E-state index in [4.69, 9.17) is 13.0 Å². The minimum atomic E-state index is -0.964. The van der Waals surface area contributed by atoms with Gasteiger partial charge < -0.3 is 9.47 Å². The van der Waals surface area contributed by atoms with Gasteiger partial charge in [-0.25, -0.2) is 4.79 Å². The van der Waals surface area contributed by atoms with E-state index in [1.807, 2.05) is 27.7 Å². The van der Waals surface area contributed by atoms with E-state index in [1.165, 1.54) is 21.0 Å². The number of hydrogen-bond acceptors (Lipinski definition) is 7. The topological polar surface area (TPSA) is 104 Å². The van der Waals surface area contributed by atoms with Crippen molar-refractivity contribution in [3.63, 3.8) is 0 Å². The van der Waals surface area contributed by atoms with Gasteiger partial charge in [0.15, 0.2) is 0 Å². The molecule has 0 fully saturated rings. The van der Waals surface area contributed by atoms with Crippen LogP contribution in [0.4, 0.5) is 0 Å². The molecule has 1 atom stereocenters. The second kappa shape index (κ2) is 17.1. The van der Waals surface area contributed by atoms with E-state index < -0.39 is 29.4 Å². The van der Waals surface area contributed by atoms with Crippen LogP contribution in [0.1, 0.15) is 55.8 Å². The summed E-state index contributed by atoms with van der Waals surface area (Å²) in [6.07, 6.45) is 0.438. The second-order valence-corrected chi connectivity index (χ2v) is 6.00. The molecular weight excluding hydrogens is 352 g/mol. The third-order valence-electron chi connectivity index (χ3n) is 2.15. The molecule has 0 saturated carbocycles. The van der Waals surface area contributed by atoms with E-state index in [2.05, 4.69) is 9.47 Å². The zero-order valence-corrected chi connectivity index (χ0v) is 16.6. The van der Waals surface area contributed by atoms with Gasteiger partial charge in [-0.1, -0.05) is 27.7 Å². The Bertz CT molecular complexity index is 454. The Kier molecular flexibility index (Phi) is 17.4. The van der Waals surface area contributed by atoms with Crippen LogP contribution in [0.2, 0.25) is 0 Å². The van der Waals surface area contributed by atoms with E-state index in [9.17, 15) is 24.0 Å². The first kappa shape index (κ1) is 25.5. The maximum absolute atomic E-state index is 10.9. The average Bonchev–Trinajstić information content (AvgIpc) is 2.46. The number of esters is 2. The monoisotopic (exact) mass is 382 g/mol. The molecule has 0 N–H and O–H groups in total. The summed E-state index contributed by atoms with van der Waals surface area (Å²) in [6.45, 7) is 9.19. The average molecular weight is 383 g/mol. The molecule has 0 aliphatic carbocycles. The maximum atomic E-state index is 10.9. The fourth-order valence-corrected chi connectivity index (χ4v) is 1.16. The number of halogens is 1. The molecule has 0 aromatic carbocycles. The molecule has 8 heteroatoms. The first-order chi connectivity index (χ1) is 11.7. The molecule has 1 unspecified atom stereocenters. The number of methoxy groups -OCH3 is 1. The SMILES string of the molecule is CC(C)CC(=O)C(=O)Cl.COC(C)=O.[3H]C(C)OC(=O)C(=O)CC(C)C. The Morgan fingerprint density at radius 1 is 0.960 bits per heavy atom. The molecule has 0 aromatic heterocycles. The molecule has 0 aliphatic heterocycles. The molecule has 0 heterocycles. The highest BCUT2D eigenvalue weighted by molar-refractivity contribution is 6.81. The van der Waals surface area contributed by atoms with Crippen molar-refractivity contribution >= 4 is 40.3 Å². The van der Waals surface area contributed by atoms with Crippen molar-refractivity contribution in [1.29, 1.82) is 0 Å². The van der Waals surface area contributed by atoms with Gasteiger partial charge in [-0.3, -0.25) is 19.2 Å². The lowest BCUT2D eigenvalue weighted by Crippen LogP contribution is -2.18. The zero-order chi connectivity index (χ0) is 21.4. The molecule has 7 nitrogen and oxygen atoms in total. The fourth-order valence-electron chi connectivity index (χ4n) is 1.08. The van der Waals surface area contributed by atoms with Gasteiger partial charge in [-0.2, -0.15) is 0 Å². The number of hydrogen-bond donors (Lipinski definition) is 0. The summed E-state index contributed by atoms with van der Waals surface area (Å²) < 4.78 is 15.4. The summed E-state index contributed by atoms with van der Waals surface area (Å²) in [7, 11) is 1.35. The van der Waals surface area contributed by atoms with Crippen molar-refractivity contribution in [2.75, 3.05) is 13.7 Å². The summed E-state index contributed by atoms with van der Waals surface area (Å²) in [5.41, 5.74) is 0. The van der Waals surface area contributed by atoms with Crippen LogP contribution < -0.4 is 0 Å². The molecule has 0 bridgehead atoms. The normalized spacial score (nSPS) is 11.0. The predicted molar refractivity (Wildman–Crippen MR) is 94.1 cm³/mol. The van der Waals surface area contributed by atoms with Gasteiger partial charge in [0.05, 0.1) is 15.1 Å². The Balaban J connectivity index is -0.000000333. The van der Waals surface area contributed by atoms with Crippen LogP contribution in [0.15, 0.2) is 0 Å². The van der Waals surface area contributed by atoms with E-state index in [-0.39, 0.29) is 30.6 Å². The highest BCUT2D eigenvalue weighted by Crippen LogP contribution is 2.01. The summed E-state index contributed by atoms with van der Waals surface area (Å²) in [6, 6.07) is 0. The van der Waals surface area contributed by atoms with Crippen LogP contribution in [0.5, 0.6) is 0 Å². The van der Waals surface area contributed by atoms with E-state index >= 15 is 0 Å². The molecule has 25 heavy (non-hydrogen) atoms. The number of Topliss-reactive ketones (excluding diaryl/α,β-unsaturated/α-hetero) is 2. The van der Waals surface area contributed by atoms with Crippen molar-refractivity contribution < 1.29 is 34.8 Å². The first-order valence-electron chi connectivity index (χ1n) is 8.25. The van der Waals surface area contributed by atoms with Gasteiger partial charge in [-0.05, 0) is 30.4 Å². The van der Waals surface area contributed by atoms with Gasteiger partial charge in [-0.15, -0.1) is 0 Å². The molecule has 0 rings (SSSR count). The fraction of sp³-hybridized carbons (Fsp3) is 0.706. The molecule has 0 radical (unpaired) electrons. The highest BCUT2D eigenvalue weighted by atomic mass is 35.5. The quantitative estimate of drug-likeness (QED) is 0.378. The predicted octanol–water partition coefficient (Wildman–Crippen LogP) is 2.71. The van der Waals surface area contributed by atoms with Crippen molar-refractivity contribution in [2.45, 2.75) is 54.4 Å². The number of carbonyl (C=O) groups excluding carboxylic acids is 5. The van der Waals surface area contributed by atoms with Crippen LogP contribution >= 0.6 is 11.6 Å². The molecule has 146 valence electrons. The second-order valence-electron chi connectivity index (χ2n) is 5.65. The van der Waals surface area contributed by atoms with E-state index in [1.54, 1.807) is 0 Å². The third kappa shape index (κ3) is 24.6. The molecule has 0 saturated heterocycles. The van der Waals surface area contributed by atoms with Crippen LogP contribution in [0, 0.1) is 11.8 Å². The van der Waals surface area contributed by atoms with Gasteiger partial charge in [0, 0.05) is 19.8 Å². The highest BCUT2D eigenvalue weighted by Gasteiger charge is 2.15. The molecule has 0 aromatic rings. The van der Waals surface area contributed by atoms with Crippen molar-refractivity contribution in [3.8, 4) is 0 Å². The van der Waals surface area contributed by atoms with Gasteiger partial charge >= 0.3 is 11.9 Å². The van der Waals surface area contributed by atoms with E-state index in [0.717, 1.165) is 0 Å². The molecular formula is C17H29ClO7. The Morgan fingerprint density at radius 3 is 1.52 bits per heavy atom. The van der Waals surface area contributed by atoms with Crippen LogP contribution in [-0.4, -0.2) is 42.4 Å². The summed E-state index contributed by atoms with van der Waals surface area (Å²) >= 11 is 4.88. The summed E-state index contributed by atoms with van der Waals surface area (Å²) in [5.74, 6) is -1.83. The van der Waals surface area contributed by atoms with Gasteiger partial charge in [0.1, 0.15) is 0 Å². The van der Waals surface area contributed by atoms with Crippen molar-refractivity contribution in [1.82, 2.24) is 0 Å². The Morgan fingerprint density at radius 2 is 1.32 bits per heavy atom. The lowest BCUT2D eigenvalue weighted by atomic mass is 10.1. The first-order valence-corrected chi connectivity index (χ1v) is 8.05. The zero-order valence-electron chi connectivity index (χ0n) is 16.9. The minimum absolute atomic E-state index is 0.145. The van der Waals surface area contributed by atoms with E-state index in [0.29, 0.717) is 0 Å². The minimum Gasteiger partial charge on any atom is -0.469 e. The Hall–Kier alpha value is -1.76. The third-order valence-corrected chi connectivity index (χ3v) is 2.36. The van der Waals surface area contributed by atoms with Crippen LogP contribution in [0.3, 0.4) is 0 Å². The van der Waals surface area contributed by atoms with Gasteiger partial charge in [0.2, 0.25) is 11.6 Å². The maximum Gasteiger partial charge on any atom is 0.374 e. The van der Waals surface area contributed by atoms with Crippen molar-refractivity contribution in [2.24, 2.45) is 11.8 Å². The standard InChI is InChI=1S/C8H14O3.C6H9ClO2.C3H6O2/c1-4-11-8(10)7(9)5-6(2)3;1-4(2)3-5(8)6(7)9;1-3(4)5-2/h6H,4-5H2,1-3H3;4H,3H2,1-2H3;1-2H3/i4T;;. The largest absolute Gasteiger partial charge is 0.469 e. The summed E-state index contributed by atoms with van der Waals surface area (Å²) in [5, 5.41) is -0.858. The number of carbonyl (C=O) groups is 5. The van der Waals surface area contributed by atoms with Crippen LogP contribution in [0.25, 0.3) is 0 Å². The number of ether oxygens (including phenoxy) is 2.